The minimum atomic E-state index is -4.63. The van der Waals surface area contributed by atoms with Crippen molar-refractivity contribution >= 4 is 19.8 Å². The second kappa shape index (κ2) is 40.1. The van der Waals surface area contributed by atoms with E-state index in [1.165, 1.54) is 83.5 Å². The average Bonchev–Trinajstić information content (AvgIpc) is 3.17. The summed E-state index contributed by atoms with van der Waals surface area (Å²) in [5.41, 5.74) is 0. The van der Waals surface area contributed by atoms with Crippen LogP contribution in [0.1, 0.15) is 181 Å². The van der Waals surface area contributed by atoms with Crippen LogP contribution in [0.2, 0.25) is 0 Å². The molecule has 0 saturated carbocycles. The van der Waals surface area contributed by atoms with E-state index < -0.39 is 32.5 Å². The number of carbonyl (C=O) groups is 2. The van der Waals surface area contributed by atoms with E-state index in [9.17, 15) is 19.0 Å². The molecule has 1 unspecified atom stereocenters. The molecule has 0 aliphatic heterocycles. The highest BCUT2D eigenvalue weighted by Gasteiger charge is 2.21. The van der Waals surface area contributed by atoms with E-state index in [2.05, 4.69) is 44.2 Å². The standard InChI is InChI=1S/C48H86NO8P/c1-6-8-10-12-14-16-18-20-22-23-24-25-27-29-31-33-35-37-39-41-48(51)57-46(45-56-58(52,53)55-43-42-49(3,4)5)44-54-47(50)40-38-36-34-32-30-28-26-21-19-17-15-13-11-9-7-2/h9,11,13,15,17,19-22,26,46H,6-8,10,12,14,16,18,23-25,27-45H2,1-5H3/b11-9+,15-13+,19-17+,22-20+,26-21+/t46-/m1/s1. The molecule has 9 nitrogen and oxygen atoms in total. The topological polar surface area (TPSA) is 111 Å². The SMILES string of the molecule is CC/C=C/C=C/C=C/C=C/CCCCCCCC(=O)OC[C@H](COP(=O)([O-])OCC[N+](C)(C)C)OC(=O)CCCCCCCCCCC/C=C/CCCCCCCC. The molecule has 0 fully saturated rings. The van der Waals surface area contributed by atoms with E-state index in [-0.39, 0.29) is 26.1 Å². The zero-order valence-corrected chi connectivity index (χ0v) is 38.6. The molecule has 0 aromatic heterocycles. The van der Waals surface area contributed by atoms with Gasteiger partial charge in [0.15, 0.2) is 6.10 Å². The number of carbonyl (C=O) groups excluding carboxylic acids is 2. The van der Waals surface area contributed by atoms with Crippen LogP contribution < -0.4 is 4.89 Å². The van der Waals surface area contributed by atoms with Crippen molar-refractivity contribution in [2.45, 2.75) is 187 Å². The number of phosphoric ester groups is 1. The number of likely N-dealkylation sites (N-methyl/N-ethyl adjacent to an activating group) is 1. The molecule has 10 heteroatoms. The van der Waals surface area contributed by atoms with Crippen LogP contribution in [0.4, 0.5) is 0 Å². The molecule has 0 spiro atoms. The monoisotopic (exact) mass is 836 g/mol. The first kappa shape index (κ1) is 55.7. The van der Waals surface area contributed by atoms with Gasteiger partial charge in [-0.3, -0.25) is 14.2 Å². The summed E-state index contributed by atoms with van der Waals surface area (Å²) in [4.78, 5) is 37.6. The lowest BCUT2D eigenvalue weighted by Gasteiger charge is -2.28. The number of nitrogens with zero attached hydrogens (tertiary/aromatic N) is 1. The number of hydrogen-bond donors (Lipinski definition) is 0. The van der Waals surface area contributed by atoms with Gasteiger partial charge >= 0.3 is 11.9 Å². The zero-order valence-electron chi connectivity index (χ0n) is 37.7. The van der Waals surface area contributed by atoms with Gasteiger partial charge in [0.2, 0.25) is 0 Å². The third-order valence-corrected chi connectivity index (χ3v) is 10.6. The number of ether oxygens (including phenoxy) is 2. The molecular formula is C48H86NO8P. The maximum Gasteiger partial charge on any atom is 0.306 e. The van der Waals surface area contributed by atoms with Crippen LogP contribution >= 0.6 is 7.82 Å². The van der Waals surface area contributed by atoms with Gasteiger partial charge in [0.25, 0.3) is 7.82 Å². The van der Waals surface area contributed by atoms with Gasteiger partial charge in [0.1, 0.15) is 19.8 Å². The molecule has 0 aromatic carbocycles. The minimum absolute atomic E-state index is 0.0377. The Morgan fingerprint density at radius 1 is 0.552 bits per heavy atom. The molecule has 0 aromatic rings. The highest BCUT2D eigenvalue weighted by Crippen LogP contribution is 2.38. The van der Waals surface area contributed by atoms with E-state index in [0.29, 0.717) is 23.9 Å². The average molecular weight is 836 g/mol. The quantitative estimate of drug-likeness (QED) is 0.0149. The second-order valence-electron chi connectivity index (χ2n) is 16.5. The van der Waals surface area contributed by atoms with Crippen molar-refractivity contribution in [1.29, 1.82) is 0 Å². The number of allylic oxidation sites excluding steroid dienone is 10. The maximum absolute atomic E-state index is 12.7. The van der Waals surface area contributed by atoms with Crippen LogP contribution in [-0.4, -0.2) is 70.0 Å². The fourth-order valence-electron chi connectivity index (χ4n) is 6.01. The zero-order chi connectivity index (χ0) is 42.8. The van der Waals surface area contributed by atoms with Gasteiger partial charge < -0.3 is 27.9 Å². The third-order valence-electron chi connectivity index (χ3n) is 9.62. The Balaban J connectivity index is 4.36. The van der Waals surface area contributed by atoms with Crippen LogP contribution in [0, 0.1) is 0 Å². The van der Waals surface area contributed by atoms with E-state index in [4.69, 9.17) is 18.5 Å². The number of esters is 2. The molecule has 0 aliphatic rings. The summed E-state index contributed by atoms with van der Waals surface area (Å²) in [5, 5.41) is 0. The first-order chi connectivity index (χ1) is 28.0. The Kier molecular flexibility index (Phi) is 38.5. The van der Waals surface area contributed by atoms with Gasteiger partial charge in [-0.1, -0.05) is 171 Å². The highest BCUT2D eigenvalue weighted by atomic mass is 31.2. The molecule has 58 heavy (non-hydrogen) atoms. The van der Waals surface area contributed by atoms with E-state index in [1.54, 1.807) is 0 Å². The molecule has 0 radical (unpaired) electrons. The molecule has 0 heterocycles. The summed E-state index contributed by atoms with van der Waals surface area (Å²) in [6.45, 7) is 4.05. The largest absolute Gasteiger partial charge is 0.756 e. The maximum atomic E-state index is 12.7. The fourth-order valence-corrected chi connectivity index (χ4v) is 6.74. The van der Waals surface area contributed by atoms with Gasteiger partial charge in [-0.2, -0.15) is 0 Å². The smallest absolute Gasteiger partial charge is 0.306 e. The predicted molar refractivity (Wildman–Crippen MR) is 240 cm³/mol. The molecule has 0 rings (SSSR count). The van der Waals surface area contributed by atoms with Gasteiger partial charge in [0.05, 0.1) is 27.7 Å². The summed E-state index contributed by atoms with van der Waals surface area (Å²) >= 11 is 0. The normalized spacial score (nSPS) is 14.1. The molecule has 2 atom stereocenters. The number of phosphoric acid groups is 1. The van der Waals surface area contributed by atoms with Crippen LogP contribution in [0.15, 0.2) is 60.8 Å². The third kappa shape index (κ3) is 43.3. The lowest BCUT2D eigenvalue weighted by molar-refractivity contribution is -0.870. The van der Waals surface area contributed by atoms with Crippen LogP contribution in [-0.2, 0) is 32.7 Å². The molecule has 0 bridgehead atoms. The first-order valence-electron chi connectivity index (χ1n) is 23.0. The van der Waals surface area contributed by atoms with Crippen molar-refractivity contribution in [3.05, 3.63) is 60.8 Å². The predicted octanol–water partition coefficient (Wildman–Crippen LogP) is 12.6. The van der Waals surface area contributed by atoms with Crippen LogP contribution in [0.3, 0.4) is 0 Å². The summed E-state index contributed by atoms with van der Waals surface area (Å²) < 4.78 is 33.9. The Labute approximate surface area is 356 Å². The molecular weight excluding hydrogens is 750 g/mol. The van der Waals surface area contributed by atoms with Crippen LogP contribution in [0.25, 0.3) is 0 Å². The lowest BCUT2D eigenvalue weighted by Crippen LogP contribution is -2.37. The van der Waals surface area contributed by atoms with Crippen LogP contribution in [0.5, 0.6) is 0 Å². The molecule has 0 aliphatic carbocycles. The van der Waals surface area contributed by atoms with E-state index in [1.807, 2.05) is 51.5 Å². The van der Waals surface area contributed by atoms with Crippen molar-refractivity contribution in [1.82, 2.24) is 0 Å². The number of hydrogen-bond acceptors (Lipinski definition) is 8. The van der Waals surface area contributed by atoms with Crippen molar-refractivity contribution in [2.75, 3.05) is 47.5 Å². The van der Waals surface area contributed by atoms with E-state index >= 15 is 0 Å². The van der Waals surface area contributed by atoms with Crippen molar-refractivity contribution in [3.8, 4) is 0 Å². The minimum Gasteiger partial charge on any atom is -0.756 e. The fraction of sp³-hybridized carbons (Fsp3) is 0.750. The Bertz CT molecular complexity index is 1170. The molecule has 0 N–H and O–H groups in total. The van der Waals surface area contributed by atoms with Gasteiger partial charge in [0, 0.05) is 12.8 Å². The Morgan fingerprint density at radius 2 is 1.00 bits per heavy atom. The highest BCUT2D eigenvalue weighted by molar-refractivity contribution is 7.45. The summed E-state index contributed by atoms with van der Waals surface area (Å²) in [6.07, 6.45) is 48.1. The molecule has 336 valence electrons. The second-order valence-corrected chi connectivity index (χ2v) is 17.9. The number of unbranched alkanes of at least 4 members (excludes halogenated alkanes) is 20. The summed E-state index contributed by atoms with van der Waals surface area (Å²) in [7, 11) is 1.14. The summed E-state index contributed by atoms with van der Waals surface area (Å²) in [5.74, 6) is -0.866. The van der Waals surface area contributed by atoms with Crippen molar-refractivity contribution < 1.29 is 42.1 Å². The number of rotatable bonds is 41. The molecule has 0 saturated heterocycles. The molecule has 0 amide bonds. The van der Waals surface area contributed by atoms with Gasteiger partial charge in [-0.05, 0) is 57.8 Å². The summed E-state index contributed by atoms with van der Waals surface area (Å²) in [6, 6.07) is 0. The van der Waals surface area contributed by atoms with Crippen molar-refractivity contribution in [3.63, 3.8) is 0 Å². The Morgan fingerprint density at radius 3 is 1.52 bits per heavy atom. The van der Waals surface area contributed by atoms with E-state index in [0.717, 1.165) is 57.8 Å². The first-order valence-corrected chi connectivity index (χ1v) is 24.5. The van der Waals surface area contributed by atoms with Gasteiger partial charge in [-0.25, -0.2) is 0 Å². The van der Waals surface area contributed by atoms with Gasteiger partial charge in [-0.15, -0.1) is 0 Å². The Hall–Kier alpha value is -2.29. The lowest BCUT2D eigenvalue weighted by atomic mass is 10.1. The number of quaternary nitrogens is 1. The van der Waals surface area contributed by atoms with Crippen molar-refractivity contribution in [2.24, 2.45) is 0 Å².